The van der Waals surface area contributed by atoms with Crippen LogP contribution in [0.4, 0.5) is 0 Å². The van der Waals surface area contributed by atoms with Crippen molar-refractivity contribution in [2.45, 2.75) is 31.7 Å². The van der Waals surface area contributed by atoms with E-state index in [4.69, 9.17) is 14.7 Å². The van der Waals surface area contributed by atoms with Gasteiger partial charge in [-0.1, -0.05) is 30.3 Å². The highest BCUT2D eigenvalue weighted by atomic mass is 16.7. The molecule has 0 spiro atoms. The largest absolute Gasteiger partial charge is 0.460 e. The predicted octanol–water partition coefficient (Wildman–Crippen LogP) is 1.97. The average Bonchev–Trinajstić information content (AvgIpc) is 3.05. The Kier molecular flexibility index (Phi) is 2.86. The van der Waals surface area contributed by atoms with Crippen LogP contribution in [0.5, 0.6) is 0 Å². The first kappa shape index (κ1) is 11.6. The van der Waals surface area contributed by atoms with Gasteiger partial charge in [0.05, 0.1) is 6.10 Å². The van der Waals surface area contributed by atoms with Crippen LogP contribution in [0.2, 0.25) is 0 Å². The smallest absolute Gasteiger partial charge is 0.357 e. The Morgan fingerprint density at radius 1 is 1.47 bits per heavy atom. The molecule has 2 unspecified atom stereocenters. The van der Waals surface area contributed by atoms with Crippen LogP contribution in [0, 0.1) is 11.3 Å². The van der Waals surface area contributed by atoms with E-state index in [9.17, 15) is 4.79 Å². The molecule has 4 nitrogen and oxygen atoms in total. The number of ether oxygens (including phenoxy) is 2. The van der Waals surface area contributed by atoms with Crippen molar-refractivity contribution in [3.8, 4) is 6.07 Å². The van der Waals surface area contributed by atoms with Gasteiger partial charge in [-0.2, -0.15) is 5.26 Å². The van der Waals surface area contributed by atoms with Gasteiger partial charge in [0.15, 0.2) is 0 Å². The molecule has 88 valence electrons. The third-order valence-electron chi connectivity index (χ3n) is 2.53. The standard InChI is InChI=1S/C13H13NO3/c1-9(2)16-12(15)13(8-14)11(17-13)10-6-4-3-5-7-10/h3-7,9,11H,1-2H3. The van der Waals surface area contributed by atoms with Gasteiger partial charge in [0.1, 0.15) is 12.2 Å². The molecule has 0 saturated carbocycles. The van der Waals surface area contributed by atoms with Crippen molar-refractivity contribution in [3.63, 3.8) is 0 Å². The van der Waals surface area contributed by atoms with Gasteiger partial charge in [-0.3, -0.25) is 0 Å². The number of benzene rings is 1. The Morgan fingerprint density at radius 3 is 2.65 bits per heavy atom. The Labute approximate surface area is 99.8 Å². The number of esters is 1. The van der Waals surface area contributed by atoms with E-state index in [1.54, 1.807) is 13.8 Å². The third-order valence-corrected chi connectivity index (χ3v) is 2.53. The lowest BCUT2D eigenvalue weighted by Crippen LogP contribution is -2.28. The number of epoxide rings is 1. The molecule has 0 bridgehead atoms. The molecule has 1 aromatic carbocycles. The van der Waals surface area contributed by atoms with Crippen molar-refractivity contribution in [3.05, 3.63) is 35.9 Å². The molecule has 0 N–H and O–H groups in total. The first-order valence-electron chi connectivity index (χ1n) is 5.45. The van der Waals surface area contributed by atoms with E-state index in [2.05, 4.69) is 0 Å². The molecule has 4 heteroatoms. The number of carbonyl (C=O) groups is 1. The zero-order valence-corrected chi connectivity index (χ0v) is 9.71. The first-order chi connectivity index (χ1) is 8.10. The van der Waals surface area contributed by atoms with Gasteiger partial charge >= 0.3 is 5.97 Å². The lowest BCUT2D eigenvalue weighted by Gasteiger charge is -2.09. The summed E-state index contributed by atoms with van der Waals surface area (Å²) in [6.07, 6.45) is -0.770. The van der Waals surface area contributed by atoms with Crippen molar-refractivity contribution in [1.82, 2.24) is 0 Å². The molecule has 0 amide bonds. The van der Waals surface area contributed by atoms with Crippen LogP contribution < -0.4 is 0 Å². The van der Waals surface area contributed by atoms with Gasteiger partial charge in [-0.25, -0.2) is 4.79 Å². The second-order valence-electron chi connectivity index (χ2n) is 4.21. The molecule has 1 heterocycles. The highest BCUT2D eigenvalue weighted by molar-refractivity contribution is 5.87. The Balaban J connectivity index is 2.17. The van der Waals surface area contributed by atoms with Gasteiger partial charge < -0.3 is 9.47 Å². The molecular weight excluding hydrogens is 218 g/mol. The van der Waals surface area contributed by atoms with E-state index in [0.717, 1.165) is 5.56 Å². The zero-order valence-electron chi connectivity index (χ0n) is 9.71. The van der Waals surface area contributed by atoms with Crippen molar-refractivity contribution in [2.75, 3.05) is 0 Å². The fourth-order valence-corrected chi connectivity index (χ4v) is 1.67. The van der Waals surface area contributed by atoms with Gasteiger partial charge in [-0.05, 0) is 19.4 Å². The van der Waals surface area contributed by atoms with Crippen LogP contribution in [-0.2, 0) is 14.3 Å². The summed E-state index contributed by atoms with van der Waals surface area (Å²) in [5.41, 5.74) is -0.638. The second kappa shape index (κ2) is 4.19. The lowest BCUT2D eigenvalue weighted by atomic mass is 10.0. The number of nitrogens with zero attached hydrogens (tertiary/aromatic N) is 1. The van der Waals surface area contributed by atoms with E-state index in [1.807, 2.05) is 36.4 Å². The van der Waals surface area contributed by atoms with E-state index in [1.165, 1.54) is 0 Å². The van der Waals surface area contributed by atoms with Crippen LogP contribution in [0.25, 0.3) is 0 Å². The maximum Gasteiger partial charge on any atom is 0.357 e. The molecule has 0 radical (unpaired) electrons. The number of rotatable bonds is 3. The summed E-state index contributed by atoms with van der Waals surface area (Å²) in [5.74, 6) is -0.608. The lowest BCUT2D eigenvalue weighted by molar-refractivity contribution is -0.151. The molecule has 0 aliphatic carbocycles. The second-order valence-corrected chi connectivity index (χ2v) is 4.21. The number of carbonyl (C=O) groups excluding carboxylic acids is 1. The molecule has 1 aromatic rings. The maximum atomic E-state index is 11.8. The Morgan fingerprint density at radius 2 is 2.12 bits per heavy atom. The normalized spacial score (nSPS) is 26.4. The molecule has 0 aromatic heterocycles. The maximum absolute atomic E-state index is 11.8. The monoisotopic (exact) mass is 231 g/mol. The summed E-state index contributed by atoms with van der Waals surface area (Å²) in [4.78, 5) is 11.8. The van der Waals surface area contributed by atoms with E-state index in [-0.39, 0.29) is 6.10 Å². The highest BCUT2D eigenvalue weighted by Gasteiger charge is 2.66. The summed E-state index contributed by atoms with van der Waals surface area (Å²) < 4.78 is 10.3. The molecule has 1 aliphatic rings. The summed E-state index contributed by atoms with van der Waals surface area (Å²) in [6, 6.07) is 11.1. The Hall–Kier alpha value is -1.86. The van der Waals surface area contributed by atoms with Crippen molar-refractivity contribution < 1.29 is 14.3 Å². The van der Waals surface area contributed by atoms with Crippen LogP contribution in [0.1, 0.15) is 25.5 Å². The predicted molar refractivity (Wildman–Crippen MR) is 59.8 cm³/mol. The van der Waals surface area contributed by atoms with Gasteiger partial charge in [0, 0.05) is 0 Å². The SMILES string of the molecule is CC(C)OC(=O)C1(C#N)OC1c1ccccc1. The van der Waals surface area contributed by atoms with Gasteiger partial charge in [0.2, 0.25) is 0 Å². The van der Waals surface area contributed by atoms with Crippen LogP contribution in [-0.4, -0.2) is 17.7 Å². The van der Waals surface area contributed by atoms with Crippen LogP contribution >= 0.6 is 0 Å². The average molecular weight is 231 g/mol. The summed E-state index contributed by atoms with van der Waals surface area (Å²) in [6.45, 7) is 3.48. The van der Waals surface area contributed by atoms with E-state index < -0.39 is 17.7 Å². The quantitative estimate of drug-likeness (QED) is 0.589. The molecule has 2 atom stereocenters. The molecule has 17 heavy (non-hydrogen) atoms. The third kappa shape index (κ3) is 2.02. The topological polar surface area (TPSA) is 62.6 Å². The fraction of sp³-hybridized carbons (Fsp3) is 0.385. The minimum Gasteiger partial charge on any atom is -0.460 e. The minimum absolute atomic E-state index is 0.256. The van der Waals surface area contributed by atoms with Gasteiger partial charge in [0.25, 0.3) is 5.60 Å². The van der Waals surface area contributed by atoms with Crippen molar-refractivity contribution >= 4 is 5.97 Å². The van der Waals surface area contributed by atoms with Crippen LogP contribution in [0.15, 0.2) is 30.3 Å². The summed E-state index contributed by atoms with van der Waals surface area (Å²) in [5, 5.41) is 9.10. The number of hydrogen-bond donors (Lipinski definition) is 0. The van der Waals surface area contributed by atoms with E-state index in [0.29, 0.717) is 0 Å². The first-order valence-corrected chi connectivity index (χ1v) is 5.45. The number of nitriles is 1. The molecule has 1 aliphatic heterocycles. The van der Waals surface area contributed by atoms with Crippen molar-refractivity contribution in [2.24, 2.45) is 0 Å². The molecule has 2 rings (SSSR count). The summed E-state index contributed by atoms with van der Waals surface area (Å²) >= 11 is 0. The molecular formula is C13H13NO3. The van der Waals surface area contributed by atoms with E-state index >= 15 is 0 Å². The van der Waals surface area contributed by atoms with Crippen molar-refractivity contribution in [1.29, 1.82) is 5.26 Å². The minimum atomic E-state index is -1.45. The zero-order chi connectivity index (χ0) is 12.5. The van der Waals surface area contributed by atoms with Gasteiger partial charge in [-0.15, -0.1) is 0 Å². The van der Waals surface area contributed by atoms with Crippen LogP contribution in [0.3, 0.4) is 0 Å². The highest BCUT2D eigenvalue weighted by Crippen LogP contribution is 2.50. The molecule has 1 saturated heterocycles. The fourth-order valence-electron chi connectivity index (χ4n) is 1.67. The summed E-state index contributed by atoms with van der Waals surface area (Å²) in [7, 11) is 0. The number of hydrogen-bond acceptors (Lipinski definition) is 4. The Bertz CT molecular complexity index is 463. The molecule has 1 fully saturated rings.